The van der Waals surface area contributed by atoms with E-state index in [9.17, 15) is 9.59 Å². The van der Waals surface area contributed by atoms with Crippen LogP contribution < -0.4 is 4.80 Å². The Balaban J connectivity index is 2.06. The first-order valence-electron chi connectivity index (χ1n) is 8.33. The van der Waals surface area contributed by atoms with Crippen LogP contribution in [0.4, 0.5) is 0 Å². The molecule has 0 bridgehead atoms. The number of nitrogens with zero attached hydrogens (tertiary/aromatic N) is 2. The van der Waals surface area contributed by atoms with Crippen LogP contribution in [0.5, 0.6) is 0 Å². The van der Waals surface area contributed by atoms with Gasteiger partial charge in [0.05, 0.1) is 22.4 Å². The Bertz CT molecular complexity index is 1080. The van der Waals surface area contributed by atoms with Crippen LogP contribution in [0.15, 0.2) is 41.4 Å². The summed E-state index contributed by atoms with van der Waals surface area (Å²) in [5.41, 5.74) is 3.94. The van der Waals surface area contributed by atoms with Crippen molar-refractivity contribution in [2.24, 2.45) is 12.0 Å². The van der Waals surface area contributed by atoms with Crippen LogP contribution in [-0.2, 0) is 11.8 Å². The second-order valence-electron chi connectivity index (χ2n) is 6.08. The third-order valence-corrected chi connectivity index (χ3v) is 5.24. The normalized spacial score (nSPS) is 11.8. The van der Waals surface area contributed by atoms with Gasteiger partial charge in [-0.25, -0.2) is 4.79 Å². The van der Waals surface area contributed by atoms with Crippen molar-refractivity contribution < 1.29 is 14.3 Å². The fourth-order valence-electron chi connectivity index (χ4n) is 2.70. The van der Waals surface area contributed by atoms with Crippen molar-refractivity contribution in [1.82, 2.24) is 4.57 Å². The molecule has 0 aliphatic heterocycles. The molecule has 26 heavy (non-hydrogen) atoms. The van der Waals surface area contributed by atoms with E-state index in [1.165, 1.54) is 11.3 Å². The summed E-state index contributed by atoms with van der Waals surface area (Å²) in [6, 6.07) is 11.1. The van der Waals surface area contributed by atoms with Gasteiger partial charge in [-0.15, -0.1) is 0 Å². The Morgan fingerprint density at radius 2 is 1.92 bits per heavy atom. The van der Waals surface area contributed by atoms with E-state index in [0.29, 0.717) is 22.5 Å². The number of carbonyl (C=O) groups excluding carboxylic acids is 2. The van der Waals surface area contributed by atoms with Crippen LogP contribution in [0.2, 0.25) is 0 Å². The Hall–Kier alpha value is -2.73. The zero-order valence-corrected chi connectivity index (χ0v) is 16.0. The molecule has 6 heteroatoms. The number of aromatic nitrogens is 1. The molecule has 3 rings (SSSR count). The largest absolute Gasteiger partial charge is 0.462 e. The van der Waals surface area contributed by atoms with Crippen LogP contribution in [0.1, 0.15) is 38.8 Å². The zero-order chi connectivity index (χ0) is 18.8. The van der Waals surface area contributed by atoms with Crippen molar-refractivity contribution in [2.75, 3.05) is 6.61 Å². The Morgan fingerprint density at radius 3 is 2.65 bits per heavy atom. The van der Waals surface area contributed by atoms with Crippen LogP contribution in [0, 0.1) is 13.8 Å². The lowest BCUT2D eigenvalue weighted by Gasteiger charge is -2.02. The predicted molar refractivity (Wildman–Crippen MR) is 103 cm³/mol. The molecule has 134 valence electrons. The molecule has 0 radical (unpaired) electrons. The summed E-state index contributed by atoms with van der Waals surface area (Å²) in [7, 11) is 1.86. The van der Waals surface area contributed by atoms with Crippen LogP contribution >= 0.6 is 11.3 Å². The summed E-state index contributed by atoms with van der Waals surface area (Å²) >= 11 is 1.37. The molecule has 0 fully saturated rings. The second-order valence-corrected chi connectivity index (χ2v) is 7.09. The van der Waals surface area contributed by atoms with E-state index < -0.39 is 0 Å². The number of carbonyl (C=O) groups is 2. The van der Waals surface area contributed by atoms with Crippen LogP contribution in [-0.4, -0.2) is 23.1 Å². The number of amides is 1. The maximum absolute atomic E-state index is 12.6. The Morgan fingerprint density at radius 1 is 1.15 bits per heavy atom. The summed E-state index contributed by atoms with van der Waals surface area (Å²) in [4.78, 5) is 29.4. The quantitative estimate of drug-likeness (QED) is 0.661. The molecule has 1 heterocycles. The highest BCUT2D eigenvalue weighted by Crippen LogP contribution is 2.19. The average molecular weight is 368 g/mol. The van der Waals surface area contributed by atoms with Crippen LogP contribution in [0.3, 0.4) is 0 Å². The van der Waals surface area contributed by atoms with Gasteiger partial charge in [0.1, 0.15) is 0 Å². The fourth-order valence-corrected chi connectivity index (χ4v) is 3.75. The first-order chi connectivity index (χ1) is 12.4. The molecule has 0 aliphatic carbocycles. The topological polar surface area (TPSA) is 60.7 Å². The maximum atomic E-state index is 12.6. The van der Waals surface area contributed by atoms with Crippen LogP contribution in [0.25, 0.3) is 10.2 Å². The molecule has 1 aromatic heterocycles. The van der Waals surface area contributed by atoms with Gasteiger partial charge in [-0.1, -0.05) is 29.0 Å². The number of hydrogen-bond acceptors (Lipinski definition) is 4. The van der Waals surface area contributed by atoms with Gasteiger partial charge < -0.3 is 9.30 Å². The summed E-state index contributed by atoms with van der Waals surface area (Å²) < 4.78 is 7.78. The first kappa shape index (κ1) is 18.1. The lowest BCUT2D eigenvalue weighted by Crippen LogP contribution is -2.13. The highest BCUT2D eigenvalue weighted by Gasteiger charge is 2.12. The average Bonchev–Trinajstić information content (AvgIpc) is 2.92. The fraction of sp³-hybridized carbons (Fsp3) is 0.250. The predicted octanol–water partition coefficient (Wildman–Crippen LogP) is 3.77. The molecular weight excluding hydrogens is 348 g/mol. The SMILES string of the molecule is CCOC(=O)c1ccc2c(c1)sc(=NC(=O)c1cc(C)ccc1C)n2C. The van der Waals surface area contributed by atoms with Gasteiger partial charge in [0, 0.05) is 12.6 Å². The van der Waals surface area contributed by atoms with Crippen molar-refractivity contribution in [1.29, 1.82) is 0 Å². The molecule has 1 amide bonds. The summed E-state index contributed by atoms with van der Waals surface area (Å²) in [5.74, 6) is -0.616. The van der Waals surface area contributed by atoms with Gasteiger partial charge >= 0.3 is 5.97 Å². The molecule has 0 saturated carbocycles. The van der Waals surface area contributed by atoms with E-state index in [1.807, 2.05) is 49.7 Å². The highest BCUT2D eigenvalue weighted by molar-refractivity contribution is 7.16. The molecule has 0 aliphatic rings. The van der Waals surface area contributed by atoms with E-state index in [-0.39, 0.29) is 11.9 Å². The van der Waals surface area contributed by atoms with Gasteiger partial charge in [0.2, 0.25) is 0 Å². The maximum Gasteiger partial charge on any atom is 0.338 e. The molecule has 0 unspecified atom stereocenters. The smallest absolute Gasteiger partial charge is 0.338 e. The Kier molecular flexibility index (Phi) is 5.04. The number of fused-ring (bicyclic) bond motifs is 1. The van der Waals surface area contributed by atoms with Gasteiger partial charge in [-0.3, -0.25) is 4.79 Å². The molecular formula is C20H20N2O3S. The van der Waals surface area contributed by atoms with E-state index in [1.54, 1.807) is 19.1 Å². The lowest BCUT2D eigenvalue weighted by atomic mass is 10.1. The molecule has 5 nitrogen and oxygen atoms in total. The van der Waals surface area contributed by atoms with Crippen molar-refractivity contribution >= 4 is 33.4 Å². The number of thiazole rings is 1. The van der Waals surface area contributed by atoms with E-state index in [4.69, 9.17) is 4.74 Å². The Labute approximate surface area is 155 Å². The highest BCUT2D eigenvalue weighted by atomic mass is 32.1. The number of aryl methyl sites for hydroxylation is 3. The van der Waals surface area contributed by atoms with E-state index in [2.05, 4.69) is 4.99 Å². The number of esters is 1. The van der Waals surface area contributed by atoms with E-state index in [0.717, 1.165) is 21.3 Å². The number of hydrogen-bond donors (Lipinski definition) is 0. The summed E-state index contributed by atoms with van der Waals surface area (Å²) in [6.45, 7) is 5.96. The molecule has 0 N–H and O–H groups in total. The van der Waals surface area contributed by atoms with E-state index >= 15 is 0 Å². The first-order valence-corrected chi connectivity index (χ1v) is 9.15. The molecule has 2 aromatic carbocycles. The second kappa shape index (κ2) is 7.25. The number of benzene rings is 2. The molecule has 3 aromatic rings. The lowest BCUT2D eigenvalue weighted by molar-refractivity contribution is 0.0526. The number of ether oxygens (including phenoxy) is 1. The molecule has 0 saturated heterocycles. The third-order valence-electron chi connectivity index (χ3n) is 4.14. The van der Waals surface area contributed by atoms with Crippen molar-refractivity contribution in [2.45, 2.75) is 20.8 Å². The van der Waals surface area contributed by atoms with Gasteiger partial charge in [-0.2, -0.15) is 4.99 Å². The minimum absolute atomic E-state index is 0.265. The standard InChI is InChI=1S/C20H20N2O3S/c1-5-25-19(24)14-8-9-16-17(11-14)26-20(22(16)4)21-18(23)15-10-12(2)6-7-13(15)3/h6-11H,5H2,1-4H3. The summed E-state index contributed by atoms with van der Waals surface area (Å²) in [5, 5.41) is 0. The molecule has 0 spiro atoms. The van der Waals surface area contributed by atoms with Crippen molar-refractivity contribution in [3.63, 3.8) is 0 Å². The van der Waals surface area contributed by atoms with Gasteiger partial charge in [-0.05, 0) is 50.6 Å². The third kappa shape index (κ3) is 3.46. The number of rotatable bonds is 3. The van der Waals surface area contributed by atoms with Crippen molar-refractivity contribution in [3.8, 4) is 0 Å². The van der Waals surface area contributed by atoms with Crippen molar-refractivity contribution in [3.05, 3.63) is 63.5 Å². The summed E-state index contributed by atoms with van der Waals surface area (Å²) in [6.07, 6.45) is 0. The van der Waals surface area contributed by atoms with Gasteiger partial charge in [0.15, 0.2) is 4.80 Å². The molecule has 0 atom stereocenters. The monoisotopic (exact) mass is 368 g/mol. The minimum Gasteiger partial charge on any atom is -0.462 e. The van der Waals surface area contributed by atoms with Gasteiger partial charge in [0.25, 0.3) is 5.91 Å². The minimum atomic E-state index is -0.351. The zero-order valence-electron chi connectivity index (χ0n) is 15.2.